The van der Waals surface area contributed by atoms with Crippen LogP contribution in [0.1, 0.15) is 6.42 Å². The molecule has 0 aliphatic heterocycles. The molecule has 0 radical (unpaired) electrons. The average Bonchev–Trinajstić information content (AvgIpc) is 1.83. The Hall–Kier alpha value is -0.100. The van der Waals surface area contributed by atoms with E-state index in [1.165, 1.54) is 6.26 Å². The van der Waals surface area contributed by atoms with Gasteiger partial charge in [0.1, 0.15) is 0 Å². The van der Waals surface area contributed by atoms with Gasteiger partial charge in [-0.3, -0.25) is 4.21 Å². The third kappa shape index (κ3) is 9.90. The molecule has 0 fully saturated rings. The number of rotatable bonds is 5. The third-order valence-corrected chi connectivity index (χ3v) is 1.93. The van der Waals surface area contributed by atoms with Crippen LogP contribution in [-0.2, 0) is 10.8 Å². The maximum absolute atomic E-state index is 11.5. The number of hydrogen-bond acceptors (Lipinski definition) is 2. The third-order valence-electron chi connectivity index (χ3n) is 1.15. The van der Waals surface area contributed by atoms with Gasteiger partial charge in [0.15, 0.2) is 0 Å². The van der Waals surface area contributed by atoms with Crippen LogP contribution in [0.3, 0.4) is 0 Å². The zero-order chi connectivity index (χ0) is 9.61. The van der Waals surface area contributed by atoms with Gasteiger partial charge in [-0.05, 0) is 0 Å². The molecule has 0 aromatic carbocycles. The minimum Gasteiger partial charge on any atom is -0.315 e. The molecule has 0 aliphatic rings. The van der Waals surface area contributed by atoms with Crippen LogP contribution in [0.25, 0.3) is 0 Å². The molecule has 0 aromatic heterocycles. The molecule has 6 heteroatoms. The van der Waals surface area contributed by atoms with E-state index in [9.17, 15) is 17.4 Å². The first kappa shape index (κ1) is 11.9. The molecule has 1 atom stereocenters. The van der Waals surface area contributed by atoms with E-state index in [4.69, 9.17) is 0 Å². The lowest BCUT2D eigenvalue weighted by atomic mass is 10.4. The highest BCUT2D eigenvalue weighted by atomic mass is 32.2. The fraction of sp³-hybridized carbons (Fsp3) is 1.00. The summed E-state index contributed by atoms with van der Waals surface area (Å²) in [6.07, 6.45) is -3.41. The first-order valence-electron chi connectivity index (χ1n) is 3.49. The highest BCUT2D eigenvalue weighted by Gasteiger charge is 2.25. The Morgan fingerprint density at radius 2 is 1.92 bits per heavy atom. The Labute approximate surface area is 72.0 Å². The summed E-state index contributed by atoms with van der Waals surface area (Å²) in [5.74, 6) is 0.401. The van der Waals surface area contributed by atoms with E-state index >= 15 is 0 Å². The summed E-state index contributed by atoms with van der Waals surface area (Å²) < 4.78 is 45.1. The molecular formula is C6H12F3NOS. The molecular weight excluding hydrogens is 191 g/mol. The van der Waals surface area contributed by atoms with Crippen molar-refractivity contribution >= 4 is 10.8 Å². The van der Waals surface area contributed by atoms with E-state index in [2.05, 4.69) is 5.32 Å². The topological polar surface area (TPSA) is 29.1 Å². The number of nitrogens with one attached hydrogen (secondary N) is 1. The molecule has 0 saturated carbocycles. The van der Waals surface area contributed by atoms with Gasteiger partial charge in [0.05, 0.1) is 6.42 Å². The average molecular weight is 203 g/mol. The lowest BCUT2D eigenvalue weighted by Crippen LogP contribution is -2.25. The molecule has 1 unspecified atom stereocenters. The minimum absolute atomic E-state index is 0.0965. The SMILES string of the molecule is CS(=O)CCNCCC(F)(F)F. The second kappa shape index (κ2) is 5.53. The summed E-state index contributed by atoms with van der Waals surface area (Å²) in [5.41, 5.74) is 0. The van der Waals surface area contributed by atoms with Gasteiger partial charge in [0, 0.05) is 35.9 Å². The zero-order valence-electron chi connectivity index (χ0n) is 6.78. The van der Waals surface area contributed by atoms with Gasteiger partial charge in [-0.15, -0.1) is 0 Å². The summed E-state index contributed by atoms with van der Waals surface area (Å²) in [5, 5.41) is 2.56. The molecule has 0 spiro atoms. The Balaban J connectivity index is 3.17. The number of hydrogen-bond donors (Lipinski definition) is 1. The second-order valence-corrected chi connectivity index (χ2v) is 3.95. The van der Waals surface area contributed by atoms with Crippen LogP contribution in [0, 0.1) is 0 Å². The van der Waals surface area contributed by atoms with Crippen LogP contribution in [-0.4, -0.2) is 35.5 Å². The van der Waals surface area contributed by atoms with Crippen molar-refractivity contribution in [1.82, 2.24) is 5.32 Å². The highest BCUT2D eigenvalue weighted by molar-refractivity contribution is 7.84. The van der Waals surface area contributed by atoms with Crippen molar-refractivity contribution in [3.63, 3.8) is 0 Å². The quantitative estimate of drug-likeness (QED) is 0.673. The van der Waals surface area contributed by atoms with Crippen molar-refractivity contribution in [3.05, 3.63) is 0 Å². The van der Waals surface area contributed by atoms with E-state index in [1.807, 2.05) is 0 Å². The first-order chi connectivity index (χ1) is 5.42. The first-order valence-corrected chi connectivity index (χ1v) is 5.22. The van der Waals surface area contributed by atoms with Crippen LogP contribution >= 0.6 is 0 Å². The molecule has 0 aliphatic carbocycles. The van der Waals surface area contributed by atoms with Gasteiger partial charge in [-0.1, -0.05) is 0 Å². The van der Waals surface area contributed by atoms with Gasteiger partial charge in [0.2, 0.25) is 0 Å². The maximum Gasteiger partial charge on any atom is 0.390 e. The maximum atomic E-state index is 11.5. The predicted molar refractivity (Wildman–Crippen MR) is 42.5 cm³/mol. The summed E-state index contributed by atoms with van der Waals surface area (Å²) in [4.78, 5) is 0. The van der Waals surface area contributed by atoms with E-state index in [0.717, 1.165) is 0 Å². The van der Waals surface area contributed by atoms with Gasteiger partial charge in [-0.25, -0.2) is 0 Å². The van der Waals surface area contributed by atoms with Crippen LogP contribution in [0.4, 0.5) is 13.2 Å². The van der Waals surface area contributed by atoms with Gasteiger partial charge < -0.3 is 5.32 Å². The summed E-state index contributed by atoms with van der Waals surface area (Å²) in [6, 6.07) is 0. The van der Waals surface area contributed by atoms with E-state index in [1.54, 1.807) is 0 Å². The van der Waals surface area contributed by atoms with Crippen LogP contribution in [0.15, 0.2) is 0 Å². The van der Waals surface area contributed by atoms with Crippen molar-refractivity contribution in [3.8, 4) is 0 Å². The van der Waals surface area contributed by atoms with E-state index in [0.29, 0.717) is 12.3 Å². The van der Waals surface area contributed by atoms with Crippen molar-refractivity contribution in [1.29, 1.82) is 0 Å². The zero-order valence-corrected chi connectivity index (χ0v) is 7.60. The van der Waals surface area contributed by atoms with E-state index < -0.39 is 23.4 Å². The van der Waals surface area contributed by atoms with Crippen molar-refractivity contribution in [2.45, 2.75) is 12.6 Å². The van der Waals surface area contributed by atoms with E-state index in [-0.39, 0.29) is 6.54 Å². The van der Waals surface area contributed by atoms with Crippen molar-refractivity contribution < 1.29 is 17.4 Å². The van der Waals surface area contributed by atoms with Gasteiger partial charge in [0.25, 0.3) is 0 Å². The predicted octanol–water partition coefficient (Wildman–Crippen LogP) is 0.907. The molecule has 74 valence electrons. The fourth-order valence-electron chi connectivity index (χ4n) is 0.571. The number of halogens is 3. The van der Waals surface area contributed by atoms with Crippen molar-refractivity contribution in [2.75, 3.05) is 25.1 Å². The summed E-state index contributed by atoms with van der Waals surface area (Å²) >= 11 is 0. The van der Waals surface area contributed by atoms with Crippen LogP contribution in [0.2, 0.25) is 0 Å². The van der Waals surface area contributed by atoms with Gasteiger partial charge in [-0.2, -0.15) is 13.2 Å². The lowest BCUT2D eigenvalue weighted by Gasteiger charge is -2.06. The Bertz CT molecular complexity index is 148. The van der Waals surface area contributed by atoms with Gasteiger partial charge >= 0.3 is 6.18 Å². The standard InChI is InChI=1S/C6H12F3NOS/c1-12(11)5-4-10-3-2-6(7,8)9/h10H,2-5H2,1H3. The normalized spacial score (nSPS) is 14.7. The fourth-order valence-corrected chi connectivity index (χ4v) is 1.00. The number of alkyl halides is 3. The van der Waals surface area contributed by atoms with Crippen LogP contribution < -0.4 is 5.32 Å². The highest BCUT2D eigenvalue weighted by Crippen LogP contribution is 2.17. The molecule has 0 rings (SSSR count). The Morgan fingerprint density at radius 1 is 1.33 bits per heavy atom. The second-order valence-electron chi connectivity index (χ2n) is 2.39. The Kier molecular flexibility index (Phi) is 5.48. The summed E-state index contributed by atoms with van der Waals surface area (Å²) in [7, 11) is -0.934. The molecule has 0 saturated heterocycles. The molecule has 0 aromatic rings. The minimum atomic E-state index is -4.10. The molecule has 2 nitrogen and oxygen atoms in total. The smallest absolute Gasteiger partial charge is 0.315 e. The Morgan fingerprint density at radius 3 is 2.33 bits per heavy atom. The molecule has 0 amide bonds. The molecule has 1 N–H and O–H groups in total. The lowest BCUT2D eigenvalue weighted by molar-refractivity contribution is -0.133. The van der Waals surface area contributed by atoms with Crippen LogP contribution in [0.5, 0.6) is 0 Å². The summed E-state index contributed by atoms with van der Waals surface area (Å²) in [6.45, 7) is 0.278. The molecule has 0 heterocycles. The van der Waals surface area contributed by atoms with Crippen molar-refractivity contribution in [2.24, 2.45) is 0 Å². The molecule has 12 heavy (non-hydrogen) atoms. The largest absolute Gasteiger partial charge is 0.390 e. The monoisotopic (exact) mass is 203 g/mol. The molecule has 0 bridgehead atoms.